The average molecular weight is 543 g/mol. The smallest absolute Gasteiger partial charge is 0.408 e. The molecule has 10 nitrogen and oxygen atoms in total. The number of carbonyl (C=O) groups is 4. The number of nitrogens with one attached hydrogen (secondary N) is 2. The van der Waals surface area contributed by atoms with Crippen LogP contribution in [0.4, 0.5) is 4.79 Å². The number of alkyl carbamates (subject to hydrolysis) is 1. The number of hydrogen-bond acceptors (Lipinski definition) is 6. The molecule has 0 unspecified atom stereocenters. The van der Waals surface area contributed by atoms with Crippen LogP contribution < -0.4 is 15.4 Å². The number of carbonyl (C=O) groups excluding carboxylic acids is 4. The van der Waals surface area contributed by atoms with Crippen LogP contribution in [0.1, 0.15) is 78.8 Å². The zero-order valence-corrected chi connectivity index (χ0v) is 23.9. The van der Waals surface area contributed by atoms with Crippen molar-refractivity contribution in [3.63, 3.8) is 0 Å². The highest BCUT2D eigenvalue weighted by molar-refractivity contribution is 5.93. The van der Waals surface area contributed by atoms with Gasteiger partial charge >= 0.3 is 6.09 Å². The Labute approximate surface area is 230 Å². The summed E-state index contributed by atoms with van der Waals surface area (Å²) in [6.07, 6.45) is 1.63. The van der Waals surface area contributed by atoms with Crippen LogP contribution in [-0.4, -0.2) is 77.0 Å². The number of benzene rings is 1. The van der Waals surface area contributed by atoms with Gasteiger partial charge in [-0.15, -0.1) is 0 Å². The summed E-state index contributed by atoms with van der Waals surface area (Å²) in [4.78, 5) is 56.9. The van der Waals surface area contributed by atoms with E-state index >= 15 is 0 Å². The van der Waals surface area contributed by atoms with Gasteiger partial charge in [-0.25, -0.2) is 4.79 Å². The monoisotopic (exact) mass is 542 g/mol. The van der Waals surface area contributed by atoms with E-state index in [4.69, 9.17) is 9.47 Å². The van der Waals surface area contributed by atoms with Gasteiger partial charge in [0.15, 0.2) is 0 Å². The molecule has 0 spiro atoms. The topological polar surface area (TPSA) is 117 Å². The summed E-state index contributed by atoms with van der Waals surface area (Å²) in [6, 6.07) is 5.53. The minimum Gasteiger partial charge on any atom is -0.493 e. The molecule has 10 heteroatoms. The summed E-state index contributed by atoms with van der Waals surface area (Å²) < 4.78 is 11.2. The SMILES string of the molecule is CC(C)(C)OC(=O)N[C@H]1CN(C(=O)C(C)(C)C)CC[C@H]2CC[C@@H](C(=O)N[C@@H]3CCOc4ccccc43)N2C1=O. The van der Waals surface area contributed by atoms with Crippen LogP contribution >= 0.6 is 0 Å². The van der Waals surface area contributed by atoms with Crippen molar-refractivity contribution >= 4 is 23.8 Å². The molecule has 4 atom stereocenters. The number of ether oxygens (including phenoxy) is 2. The number of amides is 4. The van der Waals surface area contributed by atoms with E-state index in [0.717, 1.165) is 11.3 Å². The number of nitrogens with zero attached hydrogens (tertiary/aromatic N) is 2. The molecule has 1 aromatic carbocycles. The molecule has 0 bridgehead atoms. The lowest BCUT2D eigenvalue weighted by Crippen LogP contribution is -2.62. The van der Waals surface area contributed by atoms with Crippen LogP contribution in [0.3, 0.4) is 0 Å². The number of fused-ring (bicyclic) bond motifs is 2. The highest BCUT2D eigenvalue weighted by Gasteiger charge is 2.46. The van der Waals surface area contributed by atoms with Crippen molar-refractivity contribution in [3.8, 4) is 5.75 Å². The van der Waals surface area contributed by atoms with Crippen LogP contribution in [0, 0.1) is 5.41 Å². The Kier molecular flexibility index (Phi) is 8.14. The zero-order chi connectivity index (χ0) is 28.5. The summed E-state index contributed by atoms with van der Waals surface area (Å²) in [5.41, 5.74) is -0.475. The third-order valence-electron chi connectivity index (χ3n) is 7.39. The molecule has 2 fully saturated rings. The summed E-state index contributed by atoms with van der Waals surface area (Å²) in [5, 5.41) is 5.85. The molecule has 4 amide bonds. The molecular formula is C29H42N4O6. The summed E-state index contributed by atoms with van der Waals surface area (Å²) >= 11 is 0. The second-order valence-corrected chi connectivity index (χ2v) is 12.7. The molecule has 1 aromatic rings. The highest BCUT2D eigenvalue weighted by Crippen LogP contribution is 2.34. The fourth-order valence-corrected chi connectivity index (χ4v) is 5.61. The first-order chi connectivity index (χ1) is 18.2. The number of para-hydroxylation sites is 1. The third kappa shape index (κ3) is 6.65. The average Bonchev–Trinajstić information content (AvgIpc) is 3.26. The van der Waals surface area contributed by atoms with E-state index in [9.17, 15) is 19.2 Å². The second-order valence-electron chi connectivity index (χ2n) is 12.7. The van der Waals surface area contributed by atoms with E-state index in [2.05, 4.69) is 10.6 Å². The molecule has 3 aliphatic heterocycles. The predicted molar refractivity (Wildman–Crippen MR) is 145 cm³/mol. The molecule has 4 rings (SSSR count). The van der Waals surface area contributed by atoms with Crippen molar-refractivity contribution in [1.82, 2.24) is 20.4 Å². The van der Waals surface area contributed by atoms with Crippen LogP contribution in [0.2, 0.25) is 0 Å². The quantitative estimate of drug-likeness (QED) is 0.606. The van der Waals surface area contributed by atoms with E-state index in [1.54, 1.807) is 30.6 Å². The predicted octanol–water partition coefficient (Wildman–Crippen LogP) is 3.16. The lowest BCUT2D eigenvalue weighted by atomic mass is 9.93. The first-order valence-electron chi connectivity index (χ1n) is 13.9. The van der Waals surface area contributed by atoms with Gasteiger partial charge in [0.2, 0.25) is 17.7 Å². The molecule has 0 aromatic heterocycles. The fourth-order valence-electron chi connectivity index (χ4n) is 5.61. The van der Waals surface area contributed by atoms with Crippen molar-refractivity contribution in [2.24, 2.45) is 5.41 Å². The van der Waals surface area contributed by atoms with Crippen molar-refractivity contribution in [2.45, 2.75) is 97.0 Å². The van der Waals surface area contributed by atoms with Gasteiger partial charge in [0, 0.05) is 30.0 Å². The molecule has 214 valence electrons. The number of hydrogen-bond donors (Lipinski definition) is 2. The van der Waals surface area contributed by atoms with Gasteiger partial charge in [0.1, 0.15) is 23.4 Å². The molecule has 0 aliphatic carbocycles. The Hall–Kier alpha value is -3.30. The summed E-state index contributed by atoms with van der Waals surface area (Å²) in [7, 11) is 0. The second kappa shape index (κ2) is 11.1. The van der Waals surface area contributed by atoms with Gasteiger partial charge in [-0.1, -0.05) is 39.0 Å². The van der Waals surface area contributed by atoms with Crippen LogP contribution in [0.5, 0.6) is 5.75 Å². The van der Waals surface area contributed by atoms with Gasteiger partial charge in [-0.05, 0) is 46.1 Å². The normalized spacial score (nSPS) is 25.4. The van der Waals surface area contributed by atoms with Crippen LogP contribution in [0.25, 0.3) is 0 Å². The van der Waals surface area contributed by atoms with Gasteiger partial charge in [0.25, 0.3) is 0 Å². The van der Waals surface area contributed by atoms with E-state index in [1.807, 2.05) is 45.0 Å². The van der Waals surface area contributed by atoms with Crippen molar-refractivity contribution in [2.75, 3.05) is 19.7 Å². The molecule has 39 heavy (non-hydrogen) atoms. The standard InChI is InChI=1S/C29H42N4O6/c1-28(2,3)26(36)32-15-13-18-11-12-22(24(34)30-20-14-16-38-23-10-8-7-9-19(20)23)33(18)25(35)21(17-32)31-27(37)39-29(4,5)6/h7-10,18,20-22H,11-17H2,1-6H3,(H,30,34)(H,31,37)/t18-,20-,21+,22+/m1/s1. The molecule has 2 saturated heterocycles. The maximum absolute atomic E-state index is 14.0. The lowest BCUT2D eigenvalue weighted by molar-refractivity contribution is -0.148. The third-order valence-corrected chi connectivity index (χ3v) is 7.39. The van der Waals surface area contributed by atoms with Crippen LogP contribution in [-0.2, 0) is 19.1 Å². The summed E-state index contributed by atoms with van der Waals surface area (Å²) in [5.74, 6) is 0.0743. The Balaban J connectivity index is 1.56. The van der Waals surface area contributed by atoms with Gasteiger partial charge in [0.05, 0.1) is 19.2 Å². The van der Waals surface area contributed by atoms with Gasteiger partial charge in [-0.3, -0.25) is 14.4 Å². The lowest BCUT2D eigenvalue weighted by Gasteiger charge is -2.40. The first kappa shape index (κ1) is 28.7. The molecular weight excluding hydrogens is 500 g/mol. The Morgan fingerprint density at radius 3 is 2.36 bits per heavy atom. The van der Waals surface area contributed by atoms with Crippen molar-refractivity contribution < 1.29 is 28.7 Å². The minimum atomic E-state index is -1.04. The zero-order valence-electron chi connectivity index (χ0n) is 23.9. The van der Waals surface area contributed by atoms with Crippen molar-refractivity contribution in [1.29, 1.82) is 0 Å². The molecule has 3 heterocycles. The van der Waals surface area contributed by atoms with Crippen molar-refractivity contribution in [3.05, 3.63) is 29.8 Å². The Bertz CT molecular complexity index is 1110. The molecule has 3 aliphatic rings. The maximum Gasteiger partial charge on any atom is 0.408 e. The Morgan fingerprint density at radius 2 is 1.67 bits per heavy atom. The highest BCUT2D eigenvalue weighted by atomic mass is 16.6. The Morgan fingerprint density at radius 1 is 0.949 bits per heavy atom. The molecule has 0 saturated carbocycles. The first-order valence-corrected chi connectivity index (χ1v) is 13.9. The largest absolute Gasteiger partial charge is 0.493 e. The van der Waals surface area contributed by atoms with E-state index in [1.165, 1.54) is 0 Å². The maximum atomic E-state index is 14.0. The van der Waals surface area contributed by atoms with Crippen LogP contribution in [0.15, 0.2) is 24.3 Å². The van der Waals surface area contributed by atoms with E-state index in [0.29, 0.717) is 38.8 Å². The minimum absolute atomic E-state index is 0.0130. The van der Waals surface area contributed by atoms with E-state index in [-0.39, 0.29) is 36.3 Å². The molecule has 2 N–H and O–H groups in total. The molecule has 0 radical (unpaired) electrons. The van der Waals surface area contributed by atoms with Gasteiger partial charge in [-0.2, -0.15) is 0 Å². The fraction of sp³-hybridized carbons (Fsp3) is 0.655. The van der Waals surface area contributed by atoms with Gasteiger partial charge < -0.3 is 29.9 Å². The van der Waals surface area contributed by atoms with E-state index < -0.39 is 29.2 Å². The number of rotatable bonds is 3. The summed E-state index contributed by atoms with van der Waals surface area (Å²) in [6.45, 7) is 11.7.